The summed E-state index contributed by atoms with van der Waals surface area (Å²) in [6.45, 7) is 11.3. The van der Waals surface area contributed by atoms with Gasteiger partial charge in [0, 0.05) is 10.4 Å². The van der Waals surface area contributed by atoms with Crippen molar-refractivity contribution in [3.63, 3.8) is 0 Å². The molecule has 0 aliphatic carbocycles. The zero-order valence-corrected chi connectivity index (χ0v) is 14.1. The monoisotopic (exact) mass is 307 g/mol. The van der Waals surface area contributed by atoms with Gasteiger partial charge in [-0.05, 0) is 47.1 Å². The van der Waals surface area contributed by atoms with Gasteiger partial charge in [-0.3, -0.25) is 4.79 Å². The van der Waals surface area contributed by atoms with Crippen LogP contribution in [0.15, 0.2) is 6.33 Å². The first-order valence-corrected chi connectivity index (χ1v) is 7.62. The maximum absolute atomic E-state index is 11.5. The van der Waals surface area contributed by atoms with Crippen LogP contribution in [0.25, 0.3) is 10.2 Å². The summed E-state index contributed by atoms with van der Waals surface area (Å²) in [5, 5.41) is 13.7. The van der Waals surface area contributed by atoms with E-state index in [0.717, 1.165) is 15.8 Å². The highest BCUT2D eigenvalue weighted by molar-refractivity contribution is 7.18. The molecule has 21 heavy (non-hydrogen) atoms. The highest BCUT2D eigenvalue weighted by Crippen LogP contribution is 2.38. The smallest absolute Gasteiger partial charge is 0.311 e. The van der Waals surface area contributed by atoms with Gasteiger partial charge in [0.15, 0.2) is 0 Å². The minimum atomic E-state index is -0.941. The average Bonchev–Trinajstić information content (AvgIpc) is 2.65. The second kappa shape index (κ2) is 4.94. The molecular formula is C15H21N3O2S. The van der Waals surface area contributed by atoms with Gasteiger partial charge in [-0.2, -0.15) is 0 Å². The largest absolute Gasteiger partial charge is 0.481 e. The predicted molar refractivity (Wildman–Crippen MR) is 86.0 cm³/mol. The number of aliphatic carboxylic acids is 1. The van der Waals surface area contributed by atoms with E-state index in [1.54, 1.807) is 25.2 Å². The third-order valence-corrected chi connectivity index (χ3v) is 5.61. The maximum Gasteiger partial charge on any atom is 0.311 e. The van der Waals surface area contributed by atoms with Gasteiger partial charge in [-0.15, -0.1) is 11.3 Å². The number of aryl methyl sites for hydroxylation is 2. The number of hydrogen-bond acceptors (Lipinski definition) is 5. The third kappa shape index (κ3) is 2.48. The van der Waals surface area contributed by atoms with E-state index < -0.39 is 16.9 Å². The number of thiophene rings is 1. The molecule has 5 nitrogen and oxygen atoms in total. The van der Waals surface area contributed by atoms with Crippen molar-refractivity contribution in [1.29, 1.82) is 0 Å². The van der Waals surface area contributed by atoms with Crippen molar-refractivity contribution in [2.45, 2.75) is 47.1 Å². The van der Waals surface area contributed by atoms with Crippen molar-refractivity contribution in [3.05, 3.63) is 16.8 Å². The molecule has 2 heterocycles. The molecular weight excluding hydrogens is 286 g/mol. The van der Waals surface area contributed by atoms with Crippen LogP contribution in [0.2, 0.25) is 0 Å². The first kappa shape index (κ1) is 15.7. The van der Waals surface area contributed by atoms with Gasteiger partial charge in [-0.1, -0.05) is 0 Å². The summed E-state index contributed by atoms with van der Waals surface area (Å²) in [4.78, 5) is 22.3. The van der Waals surface area contributed by atoms with Crippen LogP contribution >= 0.6 is 11.3 Å². The zero-order chi connectivity index (χ0) is 16.0. The van der Waals surface area contributed by atoms with E-state index >= 15 is 0 Å². The quantitative estimate of drug-likeness (QED) is 0.902. The number of rotatable bonds is 4. The molecule has 0 aliphatic rings. The van der Waals surface area contributed by atoms with Gasteiger partial charge < -0.3 is 10.4 Å². The minimum Gasteiger partial charge on any atom is -0.481 e. The standard InChI is InChI=1S/C15H21N3O2S/c1-8-9(2)21-12-10(8)11(16-7-17-12)18-15(5,6)14(3,4)13(19)20/h7H,1-6H3,(H,19,20)(H,16,17,18). The lowest BCUT2D eigenvalue weighted by atomic mass is 9.74. The van der Waals surface area contributed by atoms with E-state index in [1.165, 1.54) is 11.2 Å². The Bertz CT molecular complexity index is 704. The molecule has 0 saturated carbocycles. The summed E-state index contributed by atoms with van der Waals surface area (Å²) >= 11 is 1.63. The number of hydrogen-bond donors (Lipinski definition) is 2. The minimum absolute atomic E-state index is 0.664. The van der Waals surface area contributed by atoms with Crippen LogP contribution in [0.3, 0.4) is 0 Å². The lowest BCUT2D eigenvalue weighted by Gasteiger charge is -2.39. The Morgan fingerprint density at radius 1 is 1.24 bits per heavy atom. The van der Waals surface area contributed by atoms with Crippen molar-refractivity contribution in [1.82, 2.24) is 9.97 Å². The molecule has 0 amide bonds. The lowest BCUT2D eigenvalue weighted by Crippen LogP contribution is -2.50. The Morgan fingerprint density at radius 3 is 2.43 bits per heavy atom. The Balaban J connectivity index is 2.52. The average molecular weight is 307 g/mol. The number of carboxylic acids is 1. The molecule has 6 heteroatoms. The Hall–Kier alpha value is -1.69. The molecule has 0 fully saturated rings. The zero-order valence-electron chi connectivity index (χ0n) is 13.2. The number of carbonyl (C=O) groups is 1. The van der Waals surface area contributed by atoms with E-state index in [2.05, 4.69) is 22.2 Å². The molecule has 114 valence electrons. The van der Waals surface area contributed by atoms with Crippen LogP contribution in [0.5, 0.6) is 0 Å². The summed E-state index contributed by atoms with van der Waals surface area (Å²) in [5.74, 6) is -0.148. The second-order valence-electron chi connectivity index (χ2n) is 6.37. The maximum atomic E-state index is 11.5. The third-order valence-electron chi connectivity index (χ3n) is 4.49. The molecule has 2 N–H and O–H groups in total. The molecule has 0 radical (unpaired) electrons. The highest BCUT2D eigenvalue weighted by atomic mass is 32.1. The molecule has 0 aromatic carbocycles. The second-order valence-corrected chi connectivity index (χ2v) is 7.57. The number of aromatic nitrogens is 2. The Kier molecular flexibility index (Phi) is 3.70. The van der Waals surface area contributed by atoms with Crippen molar-refractivity contribution in [2.24, 2.45) is 5.41 Å². The lowest BCUT2D eigenvalue weighted by molar-refractivity contribution is -0.149. The highest BCUT2D eigenvalue weighted by Gasteiger charge is 2.44. The van der Waals surface area contributed by atoms with Crippen LogP contribution in [0.4, 0.5) is 5.82 Å². The van der Waals surface area contributed by atoms with Crippen molar-refractivity contribution < 1.29 is 9.90 Å². The SMILES string of the molecule is Cc1sc2ncnc(NC(C)(C)C(C)(C)C(=O)O)c2c1C. The van der Waals surface area contributed by atoms with Crippen LogP contribution < -0.4 is 5.32 Å². The molecule has 2 aromatic rings. The number of anilines is 1. The van der Waals surface area contributed by atoms with Crippen molar-refractivity contribution >= 4 is 33.3 Å². The number of nitrogens with zero attached hydrogens (tertiary/aromatic N) is 2. The van der Waals surface area contributed by atoms with Crippen molar-refractivity contribution in [2.75, 3.05) is 5.32 Å². The van der Waals surface area contributed by atoms with Crippen LogP contribution in [-0.2, 0) is 4.79 Å². The summed E-state index contributed by atoms with van der Waals surface area (Å²) in [6, 6.07) is 0. The van der Waals surface area contributed by atoms with E-state index in [1.807, 2.05) is 20.8 Å². The van der Waals surface area contributed by atoms with Gasteiger partial charge in [0.05, 0.1) is 10.8 Å². The van der Waals surface area contributed by atoms with Gasteiger partial charge >= 0.3 is 5.97 Å². The van der Waals surface area contributed by atoms with E-state index in [9.17, 15) is 9.90 Å². The fourth-order valence-corrected chi connectivity index (χ4v) is 2.99. The molecule has 0 spiro atoms. The fraction of sp³-hybridized carbons (Fsp3) is 0.533. The summed E-state index contributed by atoms with van der Waals surface area (Å²) in [6.07, 6.45) is 1.52. The molecule has 0 atom stereocenters. The molecule has 0 unspecified atom stereocenters. The molecule has 0 bridgehead atoms. The van der Waals surface area contributed by atoms with Crippen LogP contribution in [-0.4, -0.2) is 26.6 Å². The fourth-order valence-electron chi connectivity index (χ4n) is 2.00. The van der Waals surface area contributed by atoms with E-state index in [4.69, 9.17) is 0 Å². The van der Waals surface area contributed by atoms with Crippen molar-refractivity contribution in [3.8, 4) is 0 Å². The first-order valence-electron chi connectivity index (χ1n) is 6.80. The summed E-state index contributed by atoms with van der Waals surface area (Å²) in [7, 11) is 0. The first-order chi connectivity index (χ1) is 9.58. The van der Waals surface area contributed by atoms with Crippen LogP contribution in [0.1, 0.15) is 38.1 Å². The Labute approximate surface area is 128 Å². The van der Waals surface area contributed by atoms with E-state index in [0.29, 0.717) is 5.82 Å². The topological polar surface area (TPSA) is 75.1 Å². The number of nitrogens with one attached hydrogen (secondary N) is 1. The molecule has 0 saturated heterocycles. The van der Waals surface area contributed by atoms with Gasteiger partial charge in [-0.25, -0.2) is 9.97 Å². The molecule has 0 aliphatic heterocycles. The van der Waals surface area contributed by atoms with Gasteiger partial charge in [0.25, 0.3) is 0 Å². The van der Waals surface area contributed by atoms with Gasteiger partial charge in [0.2, 0.25) is 0 Å². The summed E-state index contributed by atoms with van der Waals surface area (Å²) in [5.41, 5.74) is -0.465. The predicted octanol–water partition coefficient (Wildman–Crippen LogP) is 3.61. The van der Waals surface area contributed by atoms with Crippen LogP contribution in [0, 0.1) is 19.3 Å². The number of fused-ring (bicyclic) bond motifs is 1. The molecule has 2 aromatic heterocycles. The summed E-state index contributed by atoms with van der Waals surface area (Å²) < 4.78 is 0. The normalized spacial score (nSPS) is 12.7. The molecule has 2 rings (SSSR count). The van der Waals surface area contributed by atoms with Gasteiger partial charge in [0.1, 0.15) is 17.0 Å². The Morgan fingerprint density at radius 2 is 1.86 bits per heavy atom. The van der Waals surface area contributed by atoms with E-state index in [-0.39, 0.29) is 0 Å². The number of carboxylic acid groups (broad SMARTS) is 1.